The predicted octanol–water partition coefficient (Wildman–Crippen LogP) is 16.3. The average Bonchev–Trinajstić information content (AvgIpc) is 3.70. The van der Waals surface area contributed by atoms with Crippen molar-refractivity contribution in [2.45, 2.75) is 304 Å². The van der Waals surface area contributed by atoms with Gasteiger partial charge >= 0.3 is 30.0 Å². The molecule has 12 nitrogen and oxygen atoms in total. The molecule has 0 amide bonds. The van der Waals surface area contributed by atoms with Crippen LogP contribution in [0.1, 0.15) is 286 Å². The Morgan fingerprint density at radius 3 is 1.49 bits per heavy atom. The van der Waals surface area contributed by atoms with E-state index in [-0.39, 0.29) is 73.6 Å². The second-order valence-corrected chi connectivity index (χ2v) is 24.1. The van der Waals surface area contributed by atoms with Gasteiger partial charge in [-0.2, -0.15) is 0 Å². The Morgan fingerprint density at radius 2 is 1.00 bits per heavy atom. The molecule has 0 aliphatic heterocycles. The lowest BCUT2D eigenvalue weighted by atomic mass is 9.47. The molecule has 0 spiro atoms. The molecule has 430 valence electrons. The van der Waals surface area contributed by atoms with Crippen LogP contribution in [0.4, 0.5) is 4.79 Å². The van der Waals surface area contributed by atoms with Crippen molar-refractivity contribution in [1.29, 1.82) is 0 Å². The zero-order valence-corrected chi connectivity index (χ0v) is 48.3. The Labute approximate surface area is 454 Å². The highest BCUT2D eigenvalue weighted by atomic mass is 16.8. The van der Waals surface area contributed by atoms with E-state index in [1.165, 1.54) is 141 Å². The minimum absolute atomic E-state index is 0.0682. The van der Waals surface area contributed by atoms with Gasteiger partial charge in [-0.1, -0.05) is 194 Å². The number of hydrogen-bond acceptors (Lipinski definition) is 12. The van der Waals surface area contributed by atoms with Crippen molar-refractivity contribution in [3.05, 3.63) is 11.6 Å². The van der Waals surface area contributed by atoms with Crippen molar-refractivity contribution < 1.29 is 57.2 Å². The largest absolute Gasteiger partial charge is 0.511 e. The van der Waals surface area contributed by atoms with Crippen molar-refractivity contribution in [2.75, 3.05) is 13.2 Å². The normalized spacial score (nSPS) is 23.8. The molecule has 4 aliphatic rings. The predicted molar refractivity (Wildman–Crippen MR) is 294 cm³/mol. The first-order valence-electron chi connectivity index (χ1n) is 31.0. The number of rotatable bonds is 40. The number of unbranched alkanes of at least 4 members (excludes halogenated alkanes) is 24. The average molecular weight is 1060 g/mol. The van der Waals surface area contributed by atoms with Crippen molar-refractivity contribution in [1.82, 2.24) is 0 Å². The van der Waals surface area contributed by atoms with Gasteiger partial charge in [0.2, 0.25) is 6.29 Å². The standard InChI is InChI=1S/C63H106O12/c1-7-9-11-13-15-17-19-21-23-25-27-29-31-33-57(65)70-46-52(47-71-58(66)34-32-30-28-26-24-22-20-18-16-14-12-10-8-2)74-60(68)44-48(3)43-59(67)72-49(4)73-61(69)75-56-38-37-54-53-36-35-50-45-51(64)39-41-62(50,5)55(53)40-42-63(54,56)6/h45,48-49,52-56H,7-44,46-47H2,1-6H3/t48?,49?,53-,54-,55-,56-,62-,63-/m0/s1. The van der Waals surface area contributed by atoms with Gasteiger partial charge in [-0.25, -0.2) is 4.79 Å². The molecular formula is C63H106O12. The minimum atomic E-state index is -1.20. The Bertz CT molecular complexity index is 1680. The van der Waals surface area contributed by atoms with Crippen molar-refractivity contribution in [3.63, 3.8) is 0 Å². The van der Waals surface area contributed by atoms with E-state index in [2.05, 4.69) is 27.7 Å². The Hall–Kier alpha value is -3.44. The molecule has 0 aromatic carbocycles. The van der Waals surface area contributed by atoms with Crippen molar-refractivity contribution in [2.24, 2.45) is 34.5 Å². The maximum Gasteiger partial charge on any atom is 0.511 e. The first-order valence-corrected chi connectivity index (χ1v) is 31.0. The number of carbonyl (C=O) groups is 6. The van der Waals surface area contributed by atoms with Crippen LogP contribution in [0.3, 0.4) is 0 Å². The molecule has 12 heteroatoms. The third-order valence-corrected chi connectivity index (χ3v) is 17.8. The number of ketones is 1. The highest BCUT2D eigenvalue weighted by molar-refractivity contribution is 5.91. The number of fused-ring (bicyclic) bond motifs is 5. The fourth-order valence-corrected chi connectivity index (χ4v) is 13.3. The van der Waals surface area contributed by atoms with E-state index < -0.39 is 36.4 Å². The number of ether oxygens (including phenoxy) is 6. The van der Waals surface area contributed by atoms with Gasteiger partial charge in [-0.15, -0.1) is 0 Å². The van der Waals surface area contributed by atoms with Crippen LogP contribution in [0.15, 0.2) is 11.6 Å². The highest BCUT2D eigenvalue weighted by Crippen LogP contribution is 2.65. The molecule has 0 aromatic rings. The fraction of sp³-hybridized carbons (Fsp3) is 0.873. The summed E-state index contributed by atoms with van der Waals surface area (Å²) in [5.74, 6) is -0.798. The van der Waals surface area contributed by atoms with Crippen LogP contribution in [0.25, 0.3) is 0 Å². The van der Waals surface area contributed by atoms with Gasteiger partial charge in [-0.3, -0.25) is 24.0 Å². The summed E-state index contributed by atoms with van der Waals surface area (Å²) in [5.41, 5.74) is 1.23. The minimum Gasteiger partial charge on any atom is -0.462 e. The summed E-state index contributed by atoms with van der Waals surface area (Å²) in [6.45, 7) is 11.8. The molecule has 0 N–H and O–H groups in total. The van der Waals surface area contributed by atoms with Gasteiger partial charge in [0, 0.05) is 44.4 Å². The fourth-order valence-electron chi connectivity index (χ4n) is 13.3. The van der Waals surface area contributed by atoms with Gasteiger partial charge in [0.1, 0.15) is 19.3 Å². The Balaban J connectivity index is 1.14. The molecule has 75 heavy (non-hydrogen) atoms. The maximum absolute atomic E-state index is 13.2. The molecule has 3 fully saturated rings. The molecule has 0 saturated heterocycles. The van der Waals surface area contributed by atoms with Crippen LogP contribution < -0.4 is 0 Å². The number of allylic oxidation sites excluding steroid dienone is 1. The molecule has 0 aromatic heterocycles. The lowest BCUT2D eigenvalue weighted by Crippen LogP contribution is -2.51. The van der Waals surface area contributed by atoms with E-state index in [0.717, 1.165) is 83.5 Å². The molecule has 2 unspecified atom stereocenters. The SMILES string of the molecule is CCCCCCCCCCCCCCCC(=O)OCC(COC(=O)CCCCCCCCCCCCCCC)OC(=O)CC(C)CC(=O)OC(C)OC(=O)O[C@H]1CC[C@H]2[C@@H]3CCC4=CC(=O)CC[C@]4(C)[C@H]3CC[C@]12C. The van der Waals surface area contributed by atoms with Gasteiger partial charge in [-0.05, 0) is 93.0 Å². The lowest BCUT2D eigenvalue weighted by Gasteiger charge is -2.57. The number of hydrogen-bond donors (Lipinski definition) is 0. The Kier molecular flexibility index (Phi) is 30.7. The second-order valence-electron chi connectivity index (χ2n) is 24.1. The highest BCUT2D eigenvalue weighted by Gasteiger charge is 2.60. The van der Waals surface area contributed by atoms with Crippen molar-refractivity contribution >= 4 is 35.8 Å². The monoisotopic (exact) mass is 1050 g/mol. The van der Waals surface area contributed by atoms with Crippen LogP contribution >= 0.6 is 0 Å². The Morgan fingerprint density at radius 1 is 0.533 bits per heavy atom. The van der Waals surface area contributed by atoms with E-state index in [1.807, 2.05) is 6.08 Å². The zero-order valence-electron chi connectivity index (χ0n) is 48.3. The third kappa shape index (κ3) is 23.6. The molecule has 4 rings (SSSR count). The topological polar surface area (TPSA) is 158 Å². The molecule has 0 radical (unpaired) electrons. The van der Waals surface area contributed by atoms with E-state index in [0.29, 0.717) is 24.2 Å². The first kappa shape index (κ1) is 64.1. The summed E-state index contributed by atoms with van der Waals surface area (Å²) >= 11 is 0. The van der Waals surface area contributed by atoms with Gasteiger partial charge in [0.25, 0.3) is 0 Å². The van der Waals surface area contributed by atoms with Crippen LogP contribution in [0.5, 0.6) is 0 Å². The van der Waals surface area contributed by atoms with Crippen LogP contribution in [0, 0.1) is 34.5 Å². The van der Waals surface area contributed by atoms with E-state index in [9.17, 15) is 28.8 Å². The third-order valence-electron chi connectivity index (χ3n) is 17.8. The molecule has 0 heterocycles. The lowest BCUT2D eigenvalue weighted by molar-refractivity contribution is -0.173. The summed E-state index contributed by atoms with van der Waals surface area (Å²) in [6.07, 6.45) is 37.5. The van der Waals surface area contributed by atoms with E-state index in [4.69, 9.17) is 28.4 Å². The number of esters is 4. The smallest absolute Gasteiger partial charge is 0.462 e. The molecular weight excluding hydrogens is 949 g/mol. The second kappa shape index (κ2) is 35.9. The summed E-state index contributed by atoms with van der Waals surface area (Å²) in [6, 6.07) is 0. The quantitative estimate of drug-likeness (QED) is 0.0248. The van der Waals surface area contributed by atoms with Crippen LogP contribution in [-0.4, -0.2) is 67.5 Å². The van der Waals surface area contributed by atoms with Crippen molar-refractivity contribution in [3.8, 4) is 0 Å². The molecule has 3 saturated carbocycles. The van der Waals surface area contributed by atoms with E-state index >= 15 is 0 Å². The summed E-state index contributed by atoms with van der Waals surface area (Å²) in [7, 11) is 0. The van der Waals surface area contributed by atoms with E-state index in [1.54, 1.807) is 6.92 Å². The van der Waals surface area contributed by atoms with Gasteiger partial charge in [0.05, 0.1) is 0 Å². The molecule has 0 bridgehead atoms. The number of carbonyl (C=O) groups excluding carboxylic acids is 6. The molecule has 4 aliphatic carbocycles. The van der Waals surface area contributed by atoms with Crippen LogP contribution in [-0.2, 0) is 52.4 Å². The first-order chi connectivity index (χ1) is 36.2. The zero-order chi connectivity index (χ0) is 54.3. The van der Waals surface area contributed by atoms with Gasteiger partial charge in [0.15, 0.2) is 11.9 Å². The summed E-state index contributed by atoms with van der Waals surface area (Å²) in [4.78, 5) is 77.1. The summed E-state index contributed by atoms with van der Waals surface area (Å²) in [5, 5.41) is 0. The summed E-state index contributed by atoms with van der Waals surface area (Å²) < 4.78 is 33.7. The van der Waals surface area contributed by atoms with Gasteiger partial charge < -0.3 is 28.4 Å². The molecule has 8 atom stereocenters. The van der Waals surface area contributed by atoms with Crippen LogP contribution in [0.2, 0.25) is 0 Å². The maximum atomic E-state index is 13.2.